The van der Waals surface area contributed by atoms with Crippen LogP contribution in [-0.2, 0) is 9.59 Å². The Hall–Kier alpha value is -2.30. The molecule has 21 heavy (non-hydrogen) atoms. The number of rotatable bonds is 5. The number of nitrogens with zero attached hydrogens (tertiary/aromatic N) is 1. The molecular weight excluding hydrogens is 270 g/mol. The second-order valence-electron chi connectivity index (χ2n) is 5.47. The van der Waals surface area contributed by atoms with Crippen molar-refractivity contribution in [3.8, 4) is 5.75 Å². The lowest BCUT2D eigenvalue weighted by molar-refractivity contribution is -0.143. The first-order valence-electron chi connectivity index (χ1n) is 6.91. The van der Waals surface area contributed by atoms with Crippen molar-refractivity contribution in [1.29, 1.82) is 0 Å². The normalized spacial score (nSPS) is 13.2. The second kappa shape index (κ2) is 6.43. The summed E-state index contributed by atoms with van der Waals surface area (Å²) in [7, 11) is 0. The molecule has 0 fully saturated rings. The van der Waals surface area contributed by atoms with Crippen LogP contribution in [0.25, 0.3) is 6.08 Å². The van der Waals surface area contributed by atoms with E-state index in [4.69, 9.17) is 9.84 Å². The van der Waals surface area contributed by atoms with Gasteiger partial charge in [0.05, 0.1) is 5.57 Å². The minimum absolute atomic E-state index is 0.171. The maximum absolute atomic E-state index is 12.5. The highest BCUT2D eigenvalue weighted by molar-refractivity contribution is 6.00. The van der Waals surface area contributed by atoms with Crippen molar-refractivity contribution in [1.82, 2.24) is 4.90 Å². The first-order valence-corrected chi connectivity index (χ1v) is 6.91. The zero-order valence-electron chi connectivity index (χ0n) is 12.2. The Bertz CT molecular complexity index is 577. The molecule has 0 unspecified atom stereocenters. The van der Waals surface area contributed by atoms with Crippen LogP contribution in [0.2, 0.25) is 0 Å². The molecule has 0 saturated heterocycles. The van der Waals surface area contributed by atoms with Gasteiger partial charge in [0.25, 0.3) is 5.91 Å². The van der Waals surface area contributed by atoms with Gasteiger partial charge in [-0.3, -0.25) is 9.59 Å². The average Bonchev–Trinajstić information content (AvgIpc) is 2.44. The zero-order chi connectivity index (χ0) is 15.4. The van der Waals surface area contributed by atoms with Gasteiger partial charge in [-0.1, -0.05) is 32.0 Å². The molecular formula is C16H19NO4. The summed E-state index contributed by atoms with van der Waals surface area (Å²) in [5, 5.41) is 8.96. The van der Waals surface area contributed by atoms with Crippen LogP contribution in [0.5, 0.6) is 5.75 Å². The fourth-order valence-electron chi connectivity index (χ4n) is 2.27. The number of para-hydroxylation sites is 1. The molecule has 1 amide bonds. The number of carbonyl (C=O) groups is 2. The first-order chi connectivity index (χ1) is 9.97. The lowest BCUT2D eigenvalue weighted by Crippen LogP contribution is -2.40. The third kappa shape index (κ3) is 3.84. The number of amides is 1. The van der Waals surface area contributed by atoms with Gasteiger partial charge < -0.3 is 14.7 Å². The quantitative estimate of drug-likeness (QED) is 0.900. The van der Waals surface area contributed by atoms with E-state index in [-0.39, 0.29) is 25.0 Å². The summed E-state index contributed by atoms with van der Waals surface area (Å²) >= 11 is 0. The van der Waals surface area contributed by atoms with Crippen molar-refractivity contribution in [2.75, 3.05) is 19.7 Å². The van der Waals surface area contributed by atoms with Crippen LogP contribution in [0.15, 0.2) is 29.8 Å². The standard InChI is InChI=1S/C16H19NO4/c1-11(2)8-17(9-15(18)19)16(20)13-7-12-5-3-4-6-14(12)21-10-13/h3-7,11H,8-10H2,1-2H3,(H,18,19). The molecule has 5 heteroatoms. The Morgan fingerprint density at radius 2 is 2.05 bits per heavy atom. The average molecular weight is 289 g/mol. The van der Waals surface area contributed by atoms with E-state index in [1.165, 1.54) is 4.90 Å². The number of hydrogen-bond donors (Lipinski definition) is 1. The molecule has 1 aliphatic heterocycles. The van der Waals surface area contributed by atoms with Crippen LogP contribution in [0.1, 0.15) is 19.4 Å². The zero-order valence-corrected chi connectivity index (χ0v) is 12.2. The van der Waals surface area contributed by atoms with Crippen LogP contribution < -0.4 is 4.74 Å². The molecule has 1 aromatic rings. The Morgan fingerprint density at radius 1 is 1.33 bits per heavy atom. The van der Waals surface area contributed by atoms with E-state index >= 15 is 0 Å². The van der Waals surface area contributed by atoms with Crippen LogP contribution in [0.4, 0.5) is 0 Å². The molecule has 1 N–H and O–H groups in total. The summed E-state index contributed by atoms with van der Waals surface area (Å²) in [6.07, 6.45) is 1.77. The number of hydrogen-bond acceptors (Lipinski definition) is 3. The maximum Gasteiger partial charge on any atom is 0.323 e. The van der Waals surface area contributed by atoms with Gasteiger partial charge in [0.1, 0.15) is 18.9 Å². The fraction of sp³-hybridized carbons (Fsp3) is 0.375. The van der Waals surface area contributed by atoms with E-state index in [9.17, 15) is 9.59 Å². The maximum atomic E-state index is 12.5. The van der Waals surface area contributed by atoms with Gasteiger partial charge in [-0.25, -0.2) is 0 Å². The van der Waals surface area contributed by atoms with E-state index in [0.717, 1.165) is 11.3 Å². The number of benzene rings is 1. The smallest absolute Gasteiger partial charge is 0.323 e. The molecule has 1 aliphatic rings. The van der Waals surface area contributed by atoms with Gasteiger partial charge in [-0.15, -0.1) is 0 Å². The topological polar surface area (TPSA) is 66.8 Å². The Morgan fingerprint density at radius 3 is 2.71 bits per heavy atom. The van der Waals surface area contributed by atoms with Crippen molar-refractivity contribution < 1.29 is 19.4 Å². The molecule has 2 rings (SSSR count). The summed E-state index contributed by atoms with van der Waals surface area (Å²) in [5.74, 6) is -0.351. The van der Waals surface area contributed by atoms with Gasteiger partial charge in [0.2, 0.25) is 0 Å². The van der Waals surface area contributed by atoms with Crippen molar-refractivity contribution in [3.05, 3.63) is 35.4 Å². The molecule has 0 radical (unpaired) electrons. The van der Waals surface area contributed by atoms with E-state index < -0.39 is 5.97 Å². The summed E-state index contributed by atoms with van der Waals surface area (Å²) in [6.45, 7) is 4.18. The molecule has 112 valence electrons. The van der Waals surface area contributed by atoms with Crippen molar-refractivity contribution in [3.63, 3.8) is 0 Å². The van der Waals surface area contributed by atoms with Crippen LogP contribution in [0, 0.1) is 5.92 Å². The number of carbonyl (C=O) groups excluding carboxylic acids is 1. The Balaban J connectivity index is 2.21. The molecule has 0 spiro atoms. The number of aliphatic carboxylic acids is 1. The monoisotopic (exact) mass is 289 g/mol. The van der Waals surface area contributed by atoms with Crippen molar-refractivity contribution in [2.24, 2.45) is 5.92 Å². The summed E-state index contributed by atoms with van der Waals surface area (Å²) in [5.41, 5.74) is 1.32. The third-order valence-corrected chi connectivity index (χ3v) is 3.11. The lowest BCUT2D eigenvalue weighted by Gasteiger charge is -2.25. The van der Waals surface area contributed by atoms with Gasteiger partial charge in [-0.05, 0) is 18.1 Å². The van der Waals surface area contributed by atoms with Crippen molar-refractivity contribution in [2.45, 2.75) is 13.8 Å². The largest absolute Gasteiger partial charge is 0.488 e. The van der Waals surface area contributed by atoms with E-state index in [2.05, 4.69) is 0 Å². The first kappa shape index (κ1) is 15.1. The van der Waals surface area contributed by atoms with E-state index in [1.54, 1.807) is 6.08 Å². The van der Waals surface area contributed by atoms with E-state index in [0.29, 0.717) is 12.1 Å². The molecule has 0 atom stereocenters. The van der Waals surface area contributed by atoms with Crippen LogP contribution >= 0.6 is 0 Å². The molecule has 0 aliphatic carbocycles. The molecule has 0 aromatic heterocycles. The molecule has 1 heterocycles. The van der Waals surface area contributed by atoms with Gasteiger partial charge in [0.15, 0.2) is 0 Å². The van der Waals surface area contributed by atoms with E-state index in [1.807, 2.05) is 38.1 Å². The molecule has 0 bridgehead atoms. The van der Waals surface area contributed by atoms with Gasteiger partial charge in [-0.2, -0.15) is 0 Å². The highest BCUT2D eigenvalue weighted by atomic mass is 16.5. The summed E-state index contributed by atoms with van der Waals surface area (Å²) in [6, 6.07) is 7.45. The minimum atomic E-state index is -1.01. The molecule has 0 saturated carbocycles. The van der Waals surface area contributed by atoms with Gasteiger partial charge >= 0.3 is 5.97 Å². The summed E-state index contributed by atoms with van der Waals surface area (Å²) in [4.78, 5) is 24.8. The van der Waals surface area contributed by atoms with Crippen LogP contribution in [-0.4, -0.2) is 41.6 Å². The molecule has 1 aromatic carbocycles. The Labute approximate surface area is 123 Å². The van der Waals surface area contributed by atoms with Crippen molar-refractivity contribution >= 4 is 18.0 Å². The SMILES string of the molecule is CC(C)CN(CC(=O)O)C(=O)C1=Cc2ccccc2OC1. The highest BCUT2D eigenvalue weighted by Crippen LogP contribution is 2.26. The minimum Gasteiger partial charge on any atom is -0.488 e. The summed E-state index contributed by atoms with van der Waals surface area (Å²) < 4.78 is 5.55. The molecule has 5 nitrogen and oxygen atoms in total. The number of carboxylic acid groups (broad SMARTS) is 1. The second-order valence-corrected chi connectivity index (χ2v) is 5.47. The predicted octanol–water partition coefficient (Wildman–Crippen LogP) is 2.03. The number of carboxylic acids is 1. The number of ether oxygens (including phenoxy) is 1. The fourth-order valence-corrected chi connectivity index (χ4v) is 2.27. The third-order valence-electron chi connectivity index (χ3n) is 3.11. The lowest BCUT2D eigenvalue weighted by atomic mass is 10.1. The van der Waals surface area contributed by atoms with Crippen LogP contribution in [0.3, 0.4) is 0 Å². The number of fused-ring (bicyclic) bond motifs is 1. The Kier molecular flexibility index (Phi) is 4.62. The highest BCUT2D eigenvalue weighted by Gasteiger charge is 2.24. The van der Waals surface area contributed by atoms with Gasteiger partial charge in [0, 0.05) is 12.1 Å². The predicted molar refractivity (Wildman–Crippen MR) is 79.0 cm³/mol.